The SMILES string of the molecule is Cc1nc(N[C@H](C)c2cccc(C(F)F)c2F)c2cc(P3(=O)CCN(C(=O)C4COC4)CC3)ncc2n1. The summed E-state index contributed by atoms with van der Waals surface area (Å²) in [5.74, 6) is -0.230. The fourth-order valence-electron chi connectivity index (χ4n) is 4.70. The number of aryl methyl sites for hydroxylation is 1. The smallest absolute Gasteiger partial charge is 0.266 e. The molecule has 2 aliphatic rings. The van der Waals surface area contributed by atoms with Crippen LogP contribution in [0.3, 0.4) is 0 Å². The van der Waals surface area contributed by atoms with Gasteiger partial charge in [-0.15, -0.1) is 0 Å². The van der Waals surface area contributed by atoms with Crippen molar-refractivity contribution >= 4 is 35.2 Å². The Morgan fingerprint density at radius 1 is 1.19 bits per heavy atom. The molecule has 4 heterocycles. The minimum atomic E-state index is -2.93. The summed E-state index contributed by atoms with van der Waals surface area (Å²) < 4.78 is 60.1. The van der Waals surface area contributed by atoms with Gasteiger partial charge < -0.3 is 19.5 Å². The molecule has 0 spiro atoms. The number of halogens is 3. The van der Waals surface area contributed by atoms with Crippen molar-refractivity contribution in [2.24, 2.45) is 5.92 Å². The molecule has 2 saturated heterocycles. The Labute approximate surface area is 212 Å². The molecule has 12 heteroatoms. The molecule has 3 aromatic rings. The minimum Gasteiger partial charge on any atom is -0.380 e. The zero-order valence-corrected chi connectivity index (χ0v) is 21.4. The highest BCUT2D eigenvalue weighted by molar-refractivity contribution is 7.71. The fraction of sp³-hybridized carbons (Fsp3) is 0.440. The molecule has 0 saturated carbocycles. The number of hydrogen-bond donors (Lipinski definition) is 1. The zero-order valence-electron chi connectivity index (χ0n) is 20.5. The third-order valence-corrected chi connectivity index (χ3v) is 9.90. The third-order valence-electron chi connectivity index (χ3n) is 6.97. The van der Waals surface area contributed by atoms with Gasteiger partial charge in [0.15, 0.2) is 0 Å². The molecular weight excluding hydrogens is 506 g/mol. The Balaban J connectivity index is 1.42. The van der Waals surface area contributed by atoms with E-state index in [4.69, 9.17) is 4.74 Å². The second kappa shape index (κ2) is 10.0. The average molecular weight is 533 g/mol. The van der Waals surface area contributed by atoms with E-state index in [-0.39, 0.29) is 17.4 Å². The monoisotopic (exact) mass is 533 g/mol. The summed E-state index contributed by atoms with van der Waals surface area (Å²) in [5.41, 5.74) is 0.360. The van der Waals surface area contributed by atoms with Gasteiger partial charge in [0.05, 0.1) is 42.5 Å². The average Bonchev–Trinajstić information content (AvgIpc) is 2.83. The van der Waals surface area contributed by atoms with Crippen molar-refractivity contribution in [1.29, 1.82) is 0 Å². The van der Waals surface area contributed by atoms with E-state index in [9.17, 15) is 22.5 Å². The topological polar surface area (TPSA) is 97.3 Å². The quantitative estimate of drug-likeness (QED) is 0.478. The van der Waals surface area contributed by atoms with Crippen LogP contribution < -0.4 is 10.8 Å². The van der Waals surface area contributed by atoms with E-state index in [1.54, 1.807) is 24.8 Å². The number of hydrogen-bond acceptors (Lipinski definition) is 7. The van der Waals surface area contributed by atoms with Gasteiger partial charge in [0.25, 0.3) is 6.43 Å². The molecule has 5 rings (SSSR count). The summed E-state index contributed by atoms with van der Waals surface area (Å²) in [6, 6.07) is 4.91. The molecule has 2 aromatic heterocycles. The first-order valence-corrected chi connectivity index (χ1v) is 14.2. The highest BCUT2D eigenvalue weighted by atomic mass is 31.2. The molecule has 0 unspecified atom stereocenters. The number of amides is 1. The standard InChI is InChI=1S/C25H27F3N5O3P/c1-14(17-4-3-5-18(22(17)26)23(27)28)30-24-19-10-21(29-11-20(19)31-15(2)32-24)37(35)8-6-33(7-9-37)25(34)16-12-36-13-16/h3-5,10-11,14,16,23H,6-9,12-13H2,1-2H3,(H,30,31,32)/t14-/m1/s1. The van der Waals surface area contributed by atoms with Crippen LogP contribution in [0.2, 0.25) is 0 Å². The summed E-state index contributed by atoms with van der Waals surface area (Å²) in [5, 5.41) is 3.67. The van der Waals surface area contributed by atoms with Crippen LogP contribution in [0.5, 0.6) is 0 Å². The van der Waals surface area contributed by atoms with Gasteiger partial charge in [-0.25, -0.2) is 23.1 Å². The lowest BCUT2D eigenvalue weighted by Crippen LogP contribution is -2.49. The summed E-state index contributed by atoms with van der Waals surface area (Å²) in [6.07, 6.45) is -0.746. The lowest BCUT2D eigenvalue weighted by Gasteiger charge is -2.36. The van der Waals surface area contributed by atoms with E-state index in [0.717, 1.165) is 6.07 Å². The predicted octanol–water partition coefficient (Wildman–Crippen LogP) is 4.06. The number of carbonyl (C=O) groups is 1. The molecule has 2 aliphatic heterocycles. The van der Waals surface area contributed by atoms with Gasteiger partial charge in [-0.1, -0.05) is 18.2 Å². The van der Waals surface area contributed by atoms with Gasteiger partial charge in [0.1, 0.15) is 30.0 Å². The van der Waals surface area contributed by atoms with E-state index in [1.807, 2.05) is 0 Å². The van der Waals surface area contributed by atoms with Gasteiger partial charge in [-0.3, -0.25) is 9.78 Å². The molecule has 0 radical (unpaired) electrons. The number of fused-ring (bicyclic) bond motifs is 1. The van der Waals surface area contributed by atoms with E-state index in [0.29, 0.717) is 66.6 Å². The Hall–Kier alpha value is -3.04. The van der Waals surface area contributed by atoms with Crippen molar-refractivity contribution in [3.05, 3.63) is 53.2 Å². The highest BCUT2D eigenvalue weighted by Gasteiger charge is 2.37. The first kappa shape index (κ1) is 25.6. The largest absolute Gasteiger partial charge is 0.380 e. The number of alkyl halides is 2. The maximum atomic E-state index is 14.8. The number of ether oxygens (including phenoxy) is 1. The molecule has 8 nitrogen and oxygen atoms in total. The lowest BCUT2D eigenvalue weighted by molar-refractivity contribution is -0.149. The van der Waals surface area contributed by atoms with Crippen molar-refractivity contribution in [2.45, 2.75) is 26.3 Å². The van der Waals surface area contributed by atoms with E-state index in [2.05, 4.69) is 20.3 Å². The molecule has 1 N–H and O–H groups in total. The van der Waals surface area contributed by atoms with Crippen LogP contribution in [0.1, 0.15) is 36.3 Å². The van der Waals surface area contributed by atoms with Crippen LogP contribution in [-0.4, -0.2) is 64.4 Å². The molecule has 2 fully saturated rings. The second-order valence-corrected chi connectivity index (χ2v) is 12.6. The van der Waals surface area contributed by atoms with Gasteiger partial charge in [0, 0.05) is 36.4 Å². The summed E-state index contributed by atoms with van der Waals surface area (Å²) in [6.45, 7) is 4.99. The Morgan fingerprint density at radius 3 is 2.54 bits per heavy atom. The zero-order chi connectivity index (χ0) is 26.3. The van der Waals surface area contributed by atoms with Gasteiger partial charge in [-0.2, -0.15) is 0 Å². The van der Waals surface area contributed by atoms with Crippen molar-refractivity contribution in [1.82, 2.24) is 19.9 Å². The van der Waals surface area contributed by atoms with E-state index >= 15 is 0 Å². The molecule has 0 bridgehead atoms. The molecular formula is C25H27F3N5O3P. The van der Waals surface area contributed by atoms with Crippen molar-refractivity contribution in [3.8, 4) is 0 Å². The van der Waals surface area contributed by atoms with Crippen LogP contribution in [0.15, 0.2) is 30.5 Å². The van der Waals surface area contributed by atoms with Gasteiger partial charge in [-0.05, 0) is 19.9 Å². The maximum absolute atomic E-state index is 14.8. The van der Waals surface area contributed by atoms with Crippen molar-refractivity contribution < 1.29 is 27.3 Å². The first-order valence-electron chi connectivity index (χ1n) is 12.1. The fourth-order valence-corrected chi connectivity index (χ4v) is 7.14. The summed E-state index contributed by atoms with van der Waals surface area (Å²) in [4.78, 5) is 27.6. The number of anilines is 1. The van der Waals surface area contributed by atoms with Crippen LogP contribution in [-0.2, 0) is 14.1 Å². The number of pyridine rings is 1. The summed E-state index contributed by atoms with van der Waals surface area (Å²) in [7, 11) is -2.88. The Morgan fingerprint density at radius 2 is 1.89 bits per heavy atom. The van der Waals surface area contributed by atoms with Crippen LogP contribution in [0.4, 0.5) is 19.0 Å². The number of nitrogens with zero attached hydrogens (tertiary/aromatic N) is 4. The third kappa shape index (κ3) is 4.94. The molecule has 1 aromatic carbocycles. The number of benzene rings is 1. The number of carbonyl (C=O) groups excluding carboxylic acids is 1. The maximum Gasteiger partial charge on any atom is 0.266 e. The number of aromatic nitrogens is 3. The van der Waals surface area contributed by atoms with Crippen LogP contribution in [0, 0.1) is 18.7 Å². The normalized spacial score (nSPS) is 18.6. The van der Waals surface area contributed by atoms with E-state index < -0.39 is 31.0 Å². The Kier molecular flexibility index (Phi) is 6.93. The van der Waals surface area contributed by atoms with Gasteiger partial charge in [0.2, 0.25) is 5.91 Å². The van der Waals surface area contributed by atoms with Crippen molar-refractivity contribution in [3.63, 3.8) is 0 Å². The molecule has 0 aliphatic carbocycles. The number of rotatable bonds is 6. The molecule has 1 amide bonds. The van der Waals surface area contributed by atoms with Crippen molar-refractivity contribution in [2.75, 3.05) is 43.9 Å². The van der Waals surface area contributed by atoms with Crippen LogP contribution in [0.25, 0.3) is 10.9 Å². The lowest BCUT2D eigenvalue weighted by atomic mass is 10.0. The van der Waals surface area contributed by atoms with Crippen LogP contribution >= 0.6 is 7.14 Å². The molecule has 1 atom stereocenters. The minimum absolute atomic E-state index is 0.0384. The highest BCUT2D eigenvalue weighted by Crippen LogP contribution is 2.46. The van der Waals surface area contributed by atoms with E-state index in [1.165, 1.54) is 18.3 Å². The first-order chi connectivity index (χ1) is 17.7. The number of nitrogens with one attached hydrogen (secondary N) is 1. The Bertz CT molecular complexity index is 1390. The molecule has 196 valence electrons. The van der Waals surface area contributed by atoms with Gasteiger partial charge >= 0.3 is 0 Å². The predicted molar refractivity (Wildman–Crippen MR) is 133 cm³/mol. The second-order valence-electron chi connectivity index (χ2n) is 9.49. The molecule has 37 heavy (non-hydrogen) atoms. The summed E-state index contributed by atoms with van der Waals surface area (Å²) >= 11 is 0.